The highest BCUT2D eigenvalue weighted by Crippen LogP contribution is 2.20. The predicted octanol–water partition coefficient (Wildman–Crippen LogP) is 3.41. The Kier molecular flexibility index (Phi) is 6.10. The second kappa shape index (κ2) is 9.28. The number of aromatic nitrogens is 2. The van der Waals surface area contributed by atoms with E-state index in [1.807, 2.05) is 24.4 Å². The highest BCUT2D eigenvalue weighted by atomic mass is 15.2. The first-order valence-electron chi connectivity index (χ1n) is 10.3. The van der Waals surface area contributed by atoms with Crippen LogP contribution in [0.25, 0.3) is 11.3 Å². The number of guanidine groups is 1. The lowest BCUT2D eigenvalue weighted by molar-refractivity contribution is 0.648. The summed E-state index contributed by atoms with van der Waals surface area (Å²) < 4.78 is 0. The molecule has 0 radical (unpaired) electrons. The van der Waals surface area contributed by atoms with Crippen LogP contribution in [-0.4, -0.2) is 41.6 Å². The van der Waals surface area contributed by atoms with Crippen LogP contribution in [0, 0.1) is 0 Å². The van der Waals surface area contributed by atoms with Crippen molar-refractivity contribution in [1.29, 1.82) is 0 Å². The maximum absolute atomic E-state index is 4.73. The molecule has 1 saturated heterocycles. The van der Waals surface area contributed by atoms with E-state index < -0.39 is 0 Å². The molecule has 0 spiro atoms. The molecule has 29 heavy (non-hydrogen) atoms. The van der Waals surface area contributed by atoms with E-state index in [4.69, 9.17) is 4.99 Å². The first-order chi connectivity index (χ1) is 14.3. The normalized spacial score (nSPS) is 16.8. The van der Waals surface area contributed by atoms with Crippen LogP contribution < -0.4 is 15.5 Å². The summed E-state index contributed by atoms with van der Waals surface area (Å²) in [4.78, 5) is 15.0. The molecule has 4 rings (SSSR count). The number of rotatable bonds is 6. The van der Waals surface area contributed by atoms with Gasteiger partial charge in [0.2, 0.25) is 0 Å². The number of nitrogens with one attached hydrogen (secondary N) is 3. The van der Waals surface area contributed by atoms with Gasteiger partial charge in [-0.25, -0.2) is 9.98 Å². The van der Waals surface area contributed by atoms with E-state index in [1.165, 1.54) is 5.69 Å². The minimum absolute atomic E-state index is 0.379. The molecule has 1 aliphatic rings. The largest absolute Gasteiger partial charge is 0.369 e. The molecule has 150 valence electrons. The van der Waals surface area contributed by atoms with Gasteiger partial charge in [-0.2, -0.15) is 0 Å². The van der Waals surface area contributed by atoms with Crippen molar-refractivity contribution in [3.8, 4) is 11.3 Å². The van der Waals surface area contributed by atoms with Crippen LogP contribution in [-0.2, 0) is 6.54 Å². The Balaban J connectivity index is 1.37. The van der Waals surface area contributed by atoms with Crippen molar-refractivity contribution in [3.63, 3.8) is 0 Å². The average molecular weight is 389 g/mol. The van der Waals surface area contributed by atoms with Crippen molar-refractivity contribution < 1.29 is 0 Å². The van der Waals surface area contributed by atoms with E-state index in [0.717, 1.165) is 49.1 Å². The quantitative estimate of drug-likeness (QED) is 0.447. The number of hydrogen-bond acceptors (Lipinski definition) is 3. The Morgan fingerprint density at radius 1 is 1.14 bits per heavy atom. The van der Waals surface area contributed by atoms with Gasteiger partial charge in [0.25, 0.3) is 0 Å². The molecule has 0 aliphatic carbocycles. The van der Waals surface area contributed by atoms with Gasteiger partial charge in [0, 0.05) is 31.4 Å². The summed E-state index contributed by atoms with van der Waals surface area (Å²) in [6, 6.07) is 21.2. The molecule has 0 bridgehead atoms. The Hall–Kier alpha value is -3.28. The number of imidazole rings is 1. The number of benzene rings is 2. The Bertz CT molecular complexity index is 919. The minimum atomic E-state index is 0.379. The minimum Gasteiger partial charge on any atom is -0.369 e. The molecule has 6 heteroatoms. The SMILES string of the molecule is CCNC(=NCc1ncc(-c2ccccc2)[nH]1)NC1CCN(c2ccccc2)C1. The fraction of sp³-hybridized carbons (Fsp3) is 0.304. The van der Waals surface area contributed by atoms with Gasteiger partial charge >= 0.3 is 0 Å². The number of aromatic amines is 1. The number of para-hydroxylation sites is 1. The molecular formula is C23H28N6. The van der Waals surface area contributed by atoms with Gasteiger partial charge in [-0.15, -0.1) is 0 Å². The summed E-state index contributed by atoms with van der Waals surface area (Å²) in [6.45, 7) is 5.46. The number of aliphatic imine (C=N–C) groups is 1. The monoisotopic (exact) mass is 388 g/mol. The van der Waals surface area contributed by atoms with Crippen LogP contribution in [0.3, 0.4) is 0 Å². The van der Waals surface area contributed by atoms with Crippen molar-refractivity contribution in [2.75, 3.05) is 24.5 Å². The van der Waals surface area contributed by atoms with Crippen molar-refractivity contribution in [3.05, 3.63) is 72.7 Å². The lowest BCUT2D eigenvalue weighted by Gasteiger charge is -2.20. The van der Waals surface area contributed by atoms with Crippen molar-refractivity contribution in [1.82, 2.24) is 20.6 Å². The van der Waals surface area contributed by atoms with Crippen LogP contribution in [0.4, 0.5) is 5.69 Å². The first-order valence-corrected chi connectivity index (χ1v) is 10.3. The highest BCUT2D eigenvalue weighted by molar-refractivity contribution is 5.80. The molecule has 1 fully saturated rings. The number of anilines is 1. The highest BCUT2D eigenvalue weighted by Gasteiger charge is 2.23. The molecule has 1 unspecified atom stereocenters. The molecule has 1 aromatic heterocycles. The van der Waals surface area contributed by atoms with Crippen LogP contribution in [0.5, 0.6) is 0 Å². The van der Waals surface area contributed by atoms with E-state index in [-0.39, 0.29) is 0 Å². The van der Waals surface area contributed by atoms with Gasteiger partial charge in [-0.1, -0.05) is 48.5 Å². The lowest BCUT2D eigenvalue weighted by Crippen LogP contribution is -2.44. The lowest BCUT2D eigenvalue weighted by atomic mass is 10.2. The van der Waals surface area contributed by atoms with Crippen LogP contribution >= 0.6 is 0 Å². The van der Waals surface area contributed by atoms with Gasteiger partial charge < -0.3 is 20.5 Å². The molecular weight excluding hydrogens is 360 g/mol. The van der Waals surface area contributed by atoms with Crippen LogP contribution in [0.15, 0.2) is 71.9 Å². The van der Waals surface area contributed by atoms with Crippen LogP contribution in [0.2, 0.25) is 0 Å². The van der Waals surface area contributed by atoms with Crippen LogP contribution in [0.1, 0.15) is 19.2 Å². The van der Waals surface area contributed by atoms with Crippen molar-refractivity contribution >= 4 is 11.6 Å². The molecule has 3 N–H and O–H groups in total. The standard InChI is InChI=1S/C23H28N6/c1-2-24-23(27-19-13-14-29(17-19)20-11-7-4-8-12-20)26-16-22-25-15-21(28-22)18-9-5-3-6-10-18/h3-12,15,19H,2,13-14,16-17H2,1H3,(H,25,28)(H2,24,26,27). The summed E-state index contributed by atoms with van der Waals surface area (Å²) in [6.07, 6.45) is 2.97. The van der Waals surface area contributed by atoms with Gasteiger partial charge in [-0.3, -0.25) is 0 Å². The fourth-order valence-corrected chi connectivity index (χ4v) is 3.63. The zero-order chi connectivity index (χ0) is 19.9. The van der Waals surface area contributed by atoms with E-state index in [9.17, 15) is 0 Å². The molecule has 0 amide bonds. The van der Waals surface area contributed by atoms with Gasteiger partial charge in [0.05, 0.1) is 11.9 Å². The van der Waals surface area contributed by atoms with Gasteiger partial charge in [0.15, 0.2) is 5.96 Å². The summed E-state index contributed by atoms with van der Waals surface area (Å²) in [5, 5.41) is 6.93. The second-order valence-corrected chi connectivity index (χ2v) is 7.22. The van der Waals surface area contributed by atoms with Crippen molar-refractivity contribution in [2.24, 2.45) is 4.99 Å². The first kappa shape index (κ1) is 19.1. The predicted molar refractivity (Wildman–Crippen MR) is 119 cm³/mol. The Morgan fingerprint density at radius 2 is 1.90 bits per heavy atom. The van der Waals surface area contributed by atoms with E-state index in [1.54, 1.807) is 0 Å². The van der Waals surface area contributed by atoms with E-state index >= 15 is 0 Å². The molecule has 2 aromatic carbocycles. The summed E-state index contributed by atoms with van der Waals surface area (Å²) in [5.74, 6) is 1.70. The number of nitrogens with zero attached hydrogens (tertiary/aromatic N) is 3. The third-order valence-corrected chi connectivity index (χ3v) is 5.09. The maximum Gasteiger partial charge on any atom is 0.191 e. The zero-order valence-corrected chi connectivity index (χ0v) is 16.8. The molecule has 2 heterocycles. The molecule has 1 atom stereocenters. The van der Waals surface area contributed by atoms with E-state index in [2.05, 4.69) is 74.9 Å². The second-order valence-electron chi connectivity index (χ2n) is 7.22. The molecule has 0 saturated carbocycles. The van der Waals surface area contributed by atoms with Gasteiger partial charge in [-0.05, 0) is 31.0 Å². The molecule has 3 aromatic rings. The third-order valence-electron chi connectivity index (χ3n) is 5.09. The smallest absolute Gasteiger partial charge is 0.191 e. The van der Waals surface area contributed by atoms with Crippen molar-refractivity contribution in [2.45, 2.75) is 25.9 Å². The average Bonchev–Trinajstić information content (AvgIpc) is 3.43. The summed E-state index contributed by atoms with van der Waals surface area (Å²) >= 11 is 0. The van der Waals surface area contributed by atoms with Gasteiger partial charge in [0.1, 0.15) is 12.4 Å². The molecule has 6 nitrogen and oxygen atoms in total. The third kappa shape index (κ3) is 4.96. The molecule has 1 aliphatic heterocycles. The summed E-state index contributed by atoms with van der Waals surface area (Å²) in [7, 11) is 0. The topological polar surface area (TPSA) is 68.3 Å². The Labute approximate surface area is 172 Å². The Morgan fingerprint density at radius 3 is 2.66 bits per heavy atom. The zero-order valence-electron chi connectivity index (χ0n) is 16.8. The van der Waals surface area contributed by atoms with E-state index in [0.29, 0.717) is 12.6 Å². The number of H-pyrrole nitrogens is 1. The maximum atomic E-state index is 4.73. The fourth-order valence-electron chi connectivity index (χ4n) is 3.63. The summed E-state index contributed by atoms with van der Waals surface area (Å²) in [5.41, 5.74) is 3.43. The number of hydrogen-bond donors (Lipinski definition) is 3.